The Labute approximate surface area is 204 Å². The maximum absolute atomic E-state index is 12.6. The van der Waals surface area contributed by atoms with E-state index in [1.165, 1.54) is 22.7 Å². The fraction of sp³-hybridized carbons (Fsp3) is 0.240. The van der Waals surface area contributed by atoms with Gasteiger partial charge in [0.25, 0.3) is 5.91 Å². The highest BCUT2D eigenvalue weighted by molar-refractivity contribution is 5.94. The first-order valence-electron chi connectivity index (χ1n) is 11.4. The number of nitrogens with zero attached hydrogens (tertiary/aromatic N) is 3. The highest BCUT2D eigenvalue weighted by Gasteiger charge is 2.31. The Morgan fingerprint density at radius 3 is 2.53 bits per heavy atom. The molecule has 2 aromatic heterocycles. The summed E-state index contributed by atoms with van der Waals surface area (Å²) in [7, 11) is 0. The van der Waals surface area contributed by atoms with E-state index in [9.17, 15) is 18.0 Å². The van der Waals surface area contributed by atoms with E-state index in [-0.39, 0.29) is 17.7 Å². The zero-order valence-electron chi connectivity index (χ0n) is 19.0. The number of benzene rings is 2. The van der Waals surface area contributed by atoms with Crippen molar-refractivity contribution in [2.45, 2.75) is 25.2 Å². The van der Waals surface area contributed by atoms with Gasteiger partial charge in [0.1, 0.15) is 5.75 Å². The minimum Gasteiger partial charge on any atom is -0.406 e. The van der Waals surface area contributed by atoms with E-state index in [0.717, 1.165) is 25.9 Å². The molecule has 1 saturated heterocycles. The van der Waals surface area contributed by atoms with Crippen LogP contribution in [-0.4, -0.2) is 46.0 Å². The number of aromatic nitrogens is 3. The van der Waals surface area contributed by atoms with Gasteiger partial charge in [-0.15, -0.1) is 18.3 Å². The Kier molecular flexibility index (Phi) is 6.47. The molecular weight excluding hydrogens is 473 g/mol. The Hall–Kier alpha value is -4.12. The summed E-state index contributed by atoms with van der Waals surface area (Å²) in [6, 6.07) is 18.1. The van der Waals surface area contributed by atoms with Crippen molar-refractivity contribution in [3.63, 3.8) is 0 Å². The maximum atomic E-state index is 12.6. The molecule has 4 aromatic rings. The van der Waals surface area contributed by atoms with Gasteiger partial charge >= 0.3 is 6.36 Å². The number of hydrogen-bond acceptors (Lipinski definition) is 6. The van der Waals surface area contributed by atoms with Crippen molar-refractivity contribution >= 4 is 23.2 Å². The summed E-state index contributed by atoms with van der Waals surface area (Å²) in [5.74, 6) is -0.127. The molecule has 0 atom stereocenters. The van der Waals surface area contributed by atoms with Crippen LogP contribution in [0.25, 0.3) is 16.9 Å². The Morgan fingerprint density at radius 1 is 1.03 bits per heavy atom. The second-order valence-corrected chi connectivity index (χ2v) is 8.39. The molecule has 1 fully saturated rings. The minimum absolute atomic E-state index is 0.110. The van der Waals surface area contributed by atoms with Crippen LogP contribution in [0.5, 0.6) is 5.75 Å². The van der Waals surface area contributed by atoms with E-state index in [0.29, 0.717) is 34.1 Å². The lowest BCUT2D eigenvalue weighted by molar-refractivity contribution is -0.274. The molecule has 36 heavy (non-hydrogen) atoms. The Balaban J connectivity index is 1.32. The highest BCUT2D eigenvalue weighted by Crippen LogP contribution is 2.28. The lowest BCUT2D eigenvalue weighted by Crippen LogP contribution is -2.42. The number of carbonyl (C=O) groups excluding carboxylic acids is 1. The molecule has 3 N–H and O–H groups in total. The van der Waals surface area contributed by atoms with Crippen LogP contribution in [-0.2, 0) is 0 Å². The molecule has 186 valence electrons. The molecule has 0 bridgehead atoms. The van der Waals surface area contributed by atoms with Gasteiger partial charge in [-0.05, 0) is 74.5 Å². The smallest absolute Gasteiger partial charge is 0.406 e. The van der Waals surface area contributed by atoms with Crippen LogP contribution in [0.2, 0.25) is 0 Å². The van der Waals surface area contributed by atoms with Crippen molar-refractivity contribution in [1.29, 1.82) is 0 Å². The molecule has 11 heteroatoms. The van der Waals surface area contributed by atoms with Crippen LogP contribution in [0.3, 0.4) is 0 Å². The SMILES string of the molecule is O=C(NC1CCNCC1)c1ccc(Nc2nc3cccc(-c4cccc(OC(F)(F)F)c4)n3n2)cc1. The van der Waals surface area contributed by atoms with Gasteiger partial charge in [-0.25, -0.2) is 4.52 Å². The van der Waals surface area contributed by atoms with E-state index < -0.39 is 6.36 Å². The highest BCUT2D eigenvalue weighted by atomic mass is 19.4. The monoisotopic (exact) mass is 496 g/mol. The molecule has 0 aliphatic carbocycles. The third-order valence-electron chi connectivity index (χ3n) is 5.80. The van der Waals surface area contributed by atoms with Crippen LogP contribution >= 0.6 is 0 Å². The van der Waals surface area contributed by atoms with Crippen molar-refractivity contribution in [1.82, 2.24) is 25.2 Å². The number of rotatable bonds is 6. The number of anilines is 2. The summed E-state index contributed by atoms with van der Waals surface area (Å²) in [5.41, 5.74) is 2.79. The summed E-state index contributed by atoms with van der Waals surface area (Å²) in [6.07, 6.45) is -2.96. The van der Waals surface area contributed by atoms with E-state index in [1.54, 1.807) is 48.5 Å². The largest absolute Gasteiger partial charge is 0.573 e. The predicted molar refractivity (Wildman–Crippen MR) is 128 cm³/mol. The number of nitrogens with one attached hydrogen (secondary N) is 3. The van der Waals surface area contributed by atoms with Gasteiger partial charge in [-0.2, -0.15) is 4.98 Å². The fourth-order valence-electron chi connectivity index (χ4n) is 4.10. The maximum Gasteiger partial charge on any atom is 0.573 e. The lowest BCUT2D eigenvalue weighted by atomic mass is 10.1. The van der Waals surface area contributed by atoms with Gasteiger partial charge in [0.15, 0.2) is 5.65 Å². The third kappa shape index (κ3) is 5.57. The van der Waals surface area contributed by atoms with Gasteiger partial charge in [-0.3, -0.25) is 4.79 Å². The van der Waals surface area contributed by atoms with Gasteiger partial charge in [0, 0.05) is 22.9 Å². The van der Waals surface area contributed by atoms with Crippen molar-refractivity contribution in [2.75, 3.05) is 18.4 Å². The zero-order valence-corrected chi connectivity index (χ0v) is 19.0. The molecule has 8 nitrogen and oxygen atoms in total. The average Bonchev–Trinajstić information content (AvgIpc) is 3.27. The van der Waals surface area contributed by atoms with Crippen LogP contribution in [0.1, 0.15) is 23.2 Å². The average molecular weight is 496 g/mol. The topological polar surface area (TPSA) is 92.6 Å². The number of alkyl halides is 3. The molecule has 0 saturated carbocycles. The molecule has 2 aromatic carbocycles. The number of fused-ring (bicyclic) bond motifs is 1. The van der Waals surface area contributed by atoms with Crippen LogP contribution < -0.4 is 20.7 Å². The summed E-state index contributed by atoms with van der Waals surface area (Å²) in [5, 5.41) is 13.9. The number of piperidine rings is 1. The second kappa shape index (κ2) is 9.86. The molecule has 1 aliphatic rings. The molecule has 5 rings (SSSR count). The Morgan fingerprint density at radius 2 is 1.78 bits per heavy atom. The number of halogens is 3. The minimum atomic E-state index is -4.78. The molecule has 0 unspecified atom stereocenters. The summed E-state index contributed by atoms with van der Waals surface area (Å²) in [6.45, 7) is 1.79. The van der Waals surface area contributed by atoms with Gasteiger partial charge < -0.3 is 20.7 Å². The van der Waals surface area contributed by atoms with Gasteiger partial charge in [-0.1, -0.05) is 18.2 Å². The van der Waals surface area contributed by atoms with E-state index in [2.05, 4.69) is 30.8 Å². The van der Waals surface area contributed by atoms with Crippen LogP contribution in [0.4, 0.5) is 24.8 Å². The number of pyridine rings is 1. The van der Waals surface area contributed by atoms with E-state index in [1.807, 2.05) is 0 Å². The lowest BCUT2D eigenvalue weighted by Gasteiger charge is -2.23. The fourth-order valence-corrected chi connectivity index (χ4v) is 4.10. The molecule has 1 aliphatic heterocycles. The summed E-state index contributed by atoms with van der Waals surface area (Å²) < 4.78 is 43.5. The van der Waals surface area contributed by atoms with E-state index >= 15 is 0 Å². The Bertz CT molecular complexity index is 1360. The van der Waals surface area contributed by atoms with Crippen molar-refractivity contribution < 1.29 is 22.7 Å². The van der Waals surface area contributed by atoms with Crippen molar-refractivity contribution in [2.24, 2.45) is 0 Å². The normalized spacial score (nSPS) is 14.5. The number of hydrogen-bond donors (Lipinski definition) is 3. The van der Waals surface area contributed by atoms with Crippen LogP contribution in [0, 0.1) is 0 Å². The molecule has 3 heterocycles. The van der Waals surface area contributed by atoms with Crippen molar-refractivity contribution in [3.05, 3.63) is 72.3 Å². The van der Waals surface area contributed by atoms with Gasteiger partial charge in [0.2, 0.25) is 5.95 Å². The number of amides is 1. The molecule has 0 radical (unpaired) electrons. The van der Waals surface area contributed by atoms with Crippen LogP contribution in [0.15, 0.2) is 66.7 Å². The number of ether oxygens (including phenoxy) is 1. The van der Waals surface area contributed by atoms with Crippen molar-refractivity contribution in [3.8, 4) is 17.0 Å². The first-order valence-corrected chi connectivity index (χ1v) is 11.4. The summed E-state index contributed by atoms with van der Waals surface area (Å²) >= 11 is 0. The first-order chi connectivity index (χ1) is 17.3. The molecule has 1 amide bonds. The van der Waals surface area contributed by atoms with E-state index in [4.69, 9.17) is 0 Å². The van der Waals surface area contributed by atoms with Gasteiger partial charge in [0.05, 0.1) is 5.69 Å². The number of carbonyl (C=O) groups is 1. The molecule has 0 spiro atoms. The summed E-state index contributed by atoms with van der Waals surface area (Å²) in [4.78, 5) is 17.0. The first kappa shape index (κ1) is 23.6. The third-order valence-corrected chi connectivity index (χ3v) is 5.80. The quantitative estimate of drug-likeness (QED) is 0.364. The molecular formula is C25H23F3N6O2. The standard InChI is InChI=1S/C25H23F3N6O2/c26-25(27,28)36-20-4-1-3-17(15-20)21-5-2-6-22-32-24(33-34(21)22)31-18-9-7-16(8-10-18)23(35)30-19-11-13-29-14-12-19/h1-10,15,19,29H,11-14H2,(H,30,35)(H,31,33). The predicted octanol–water partition coefficient (Wildman–Crippen LogP) is 4.52. The second-order valence-electron chi connectivity index (χ2n) is 8.39. The zero-order chi connectivity index (χ0) is 25.1.